The van der Waals surface area contributed by atoms with Crippen LogP contribution in [0.1, 0.15) is 19.8 Å². The van der Waals surface area contributed by atoms with Crippen LogP contribution in [-0.2, 0) is 11.8 Å². The zero-order valence-corrected chi connectivity index (χ0v) is 10.8. The van der Waals surface area contributed by atoms with Crippen molar-refractivity contribution in [2.75, 3.05) is 18.5 Å². The fourth-order valence-electron chi connectivity index (χ4n) is 1.89. The molecule has 1 N–H and O–H groups in total. The van der Waals surface area contributed by atoms with Crippen LogP contribution < -0.4 is 10.9 Å². The highest BCUT2D eigenvalue weighted by atomic mass is 35.5. The molecule has 0 amide bonds. The minimum absolute atomic E-state index is 0.170. The molecule has 1 aliphatic heterocycles. The second-order valence-electron chi connectivity index (χ2n) is 4.56. The SMILES string of the molecule is Cn1ncc(NCC2(C)CCCO2)c(Cl)c1=O. The summed E-state index contributed by atoms with van der Waals surface area (Å²) in [5.41, 5.74) is 0.0883. The van der Waals surface area contributed by atoms with Crippen molar-refractivity contribution >= 4 is 17.3 Å². The lowest BCUT2D eigenvalue weighted by molar-refractivity contribution is 0.0315. The zero-order valence-electron chi connectivity index (χ0n) is 9.99. The Hall–Kier alpha value is -1.07. The van der Waals surface area contributed by atoms with Gasteiger partial charge in [-0.25, -0.2) is 4.68 Å². The van der Waals surface area contributed by atoms with Gasteiger partial charge in [0.15, 0.2) is 0 Å². The molecule has 6 heteroatoms. The first-order valence-corrected chi connectivity index (χ1v) is 5.99. The van der Waals surface area contributed by atoms with Gasteiger partial charge in [0.25, 0.3) is 5.56 Å². The van der Waals surface area contributed by atoms with E-state index in [0.717, 1.165) is 19.4 Å². The summed E-state index contributed by atoms with van der Waals surface area (Å²) in [4.78, 5) is 11.6. The van der Waals surface area contributed by atoms with Gasteiger partial charge < -0.3 is 10.1 Å². The summed E-state index contributed by atoms with van der Waals surface area (Å²) in [6, 6.07) is 0. The van der Waals surface area contributed by atoms with Gasteiger partial charge in [-0.2, -0.15) is 5.10 Å². The maximum Gasteiger partial charge on any atom is 0.287 e. The van der Waals surface area contributed by atoms with Crippen molar-refractivity contribution in [2.24, 2.45) is 7.05 Å². The largest absolute Gasteiger partial charge is 0.379 e. The van der Waals surface area contributed by atoms with Crippen LogP contribution in [0.2, 0.25) is 5.02 Å². The molecule has 1 aromatic rings. The minimum atomic E-state index is -0.297. The molecule has 2 heterocycles. The average molecular weight is 258 g/mol. The van der Waals surface area contributed by atoms with Gasteiger partial charge in [0.1, 0.15) is 5.02 Å². The number of hydrogen-bond donors (Lipinski definition) is 1. The molecule has 94 valence electrons. The smallest absolute Gasteiger partial charge is 0.287 e. The number of halogens is 1. The normalized spacial score (nSPS) is 23.9. The Labute approximate surface area is 105 Å². The number of hydrogen-bond acceptors (Lipinski definition) is 4. The van der Waals surface area contributed by atoms with E-state index in [4.69, 9.17) is 16.3 Å². The lowest BCUT2D eigenvalue weighted by atomic mass is 10.0. The molecular weight excluding hydrogens is 242 g/mol. The van der Waals surface area contributed by atoms with Crippen molar-refractivity contribution in [3.8, 4) is 0 Å². The molecule has 17 heavy (non-hydrogen) atoms. The highest BCUT2D eigenvalue weighted by Crippen LogP contribution is 2.26. The first-order chi connectivity index (χ1) is 8.02. The molecule has 5 nitrogen and oxygen atoms in total. The van der Waals surface area contributed by atoms with Crippen LogP contribution in [0, 0.1) is 0 Å². The minimum Gasteiger partial charge on any atom is -0.379 e. The van der Waals surface area contributed by atoms with Crippen LogP contribution in [-0.4, -0.2) is 28.5 Å². The standard InChI is InChI=1S/C11H16ClN3O2/c1-11(4-3-5-17-11)7-13-8-6-14-15(2)10(16)9(8)12/h6,13H,3-5,7H2,1-2H3. The molecule has 1 atom stereocenters. The number of nitrogens with one attached hydrogen (secondary N) is 1. The Morgan fingerprint density at radius 1 is 1.71 bits per heavy atom. The van der Waals surface area contributed by atoms with E-state index in [2.05, 4.69) is 17.3 Å². The molecule has 0 spiro atoms. The molecule has 2 rings (SSSR count). The number of aryl methyl sites for hydroxylation is 1. The summed E-state index contributed by atoms with van der Waals surface area (Å²) in [5, 5.41) is 7.22. The van der Waals surface area contributed by atoms with Crippen LogP contribution in [0.5, 0.6) is 0 Å². The van der Waals surface area contributed by atoms with E-state index in [9.17, 15) is 4.79 Å². The third-order valence-corrected chi connectivity index (χ3v) is 3.40. The molecule has 1 aromatic heterocycles. The Morgan fingerprint density at radius 2 is 2.47 bits per heavy atom. The van der Waals surface area contributed by atoms with Gasteiger partial charge in [0.2, 0.25) is 0 Å². The maximum absolute atomic E-state index is 11.6. The summed E-state index contributed by atoms with van der Waals surface area (Å²) in [7, 11) is 1.57. The molecular formula is C11H16ClN3O2. The van der Waals surface area contributed by atoms with Crippen LogP contribution in [0.4, 0.5) is 5.69 Å². The van der Waals surface area contributed by atoms with Crippen molar-refractivity contribution in [2.45, 2.75) is 25.4 Å². The second-order valence-corrected chi connectivity index (χ2v) is 4.93. The summed E-state index contributed by atoms with van der Waals surface area (Å²) >= 11 is 5.95. The monoisotopic (exact) mass is 257 g/mol. The van der Waals surface area contributed by atoms with Crippen molar-refractivity contribution < 1.29 is 4.74 Å². The van der Waals surface area contributed by atoms with Crippen LogP contribution in [0.15, 0.2) is 11.0 Å². The van der Waals surface area contributed by atoms with E-state index in [1.807, 2.05) is 0 Å². The lowest BCUT2D eigenvalue weighted by Crippen LogP contribution is -2.33. The Kier molecular flexibility index (Phi) is 3.40. The van der Waals surface area contributed by atoms with Crippen molar-refractivity contribution in [1.82, 2.24) is 9.78 Å². The summed E-state index contributed by atoms with van der Waals surface area (Å²) < 4.78 is 6.86. The lowest BCUT2D eigenvalue weighted by Gasteiger charge is -2.24. The van der Waals surface area contributed by atoms with Gasteiger partial charge in [-0.05, 0) is 19.8 Å². The Balaban J connectivity index is 2.09. The van der Waals surface area contributed by atoms with E-state index >= 15 is 0 Å². The van der Waals surface area contributed by atoms with E-state index in [1.165, 1.54) is 4.68 Å². The molecule has 1 aliphatic rings. The fraction of sp³-hybridized carbons (Fsp3) is 0.636. The summed E-state index contributed by atoms with van der Waals surface area (Å²) in [5.74, 6) is 0. The first-order valence-electron chi connectivity index (χ1n) is 5.61. The molecule has 0 aliphatic carbocycles. The molecule has 0 saturated carbocycles. The van der Waals surface area contributed by atoms with Crippen molar-refractivity contribution in [3.05, 3.63) is 21.6 Å². The van der Waals surface area contributed by atoms with Crippen LogP contribution in [0.3, 0.4) is 0 Å². The summed E-state index contributed by atoms with van der Waals surface area (Å²) in [6.45, 7) is 3.47. The third-order valence-electron chi connectivity index (χ3n) is 3.03. The van der Waals surface area contributed by atoms with Gasteiger partial charge in [0, 0.05) is 20.2 Å². The Morgan fingerprint density at radius 3 is 3.12 bits per heavy atom. The van der Waals surface area contributed by atoms with Crippen LogP contribution >= 0.6 is 11.6 Å². The van der Waals surface area contributed by atoms with E-state index < -0.39 is 0 Å². The molecule has 0 aromatic carbocycles. The predicted molar refractivity (Wildman–Crippen MR) is 66.6 cm³/mol. The average Bonchev–Trinajstić information content (AvgIpc) is 2.73. The van der Waals surface area contributed by atoms with Crippen molar-refractivity contribution in [1.29, 1.82) is 0 Å². The first kappa shape index (κ1) is 12.4. The fourth-order valence-corrected chi connectivity index (χ4v) is 2.13. The highest BCUT2D eigenvalue weighted by Gasteiger charge is 2.29. The zero-order chi connectivity index (χ0) is 12.5. The number of nitrogens with zero attached hydrogens (tertiary/aromatic N) is 2. The number of aromatic nitrogens is 2. The van der Waals surface area contributed by atoms with E-state index in [1.54, 1.807) is 13.2 Å². The number of ether oxygens (including phenoxy) is 1. The summed E-state index contributed by atoms with van der Waals surface area (Å²) in [6.07, 6.45) is 3.64. The Bertz CT molecular complexity index is 466. The molecule has 1 fully saturated rings. The molecule has 0 bridgehead atoms. The maximum atomic E-state index is 11.6. The number of anilines is 1. The highest BCUT2D eigenvalue weighted by molar-refractivity contribution is 6.32. The van der Waals surface area contributed by atoms with Gasteiger partial charge in [-0.1, -0.05) is 11.6 Å². The van der Waals surface area contributed by atoms with Gasteiger partial charge >= 0.3 is 0 Å². The quantitative estimate of drug-likeness (QED) is 0.890. The molecule has 1 saturated heterocycles. The van der Waals surface area contributed by atoms with Crippen LogP contribution in [0.25, 0.3) is 0 Å². The third kappa shape index (κ3) is 2.61. The van der Waals surface area contributed by atoms with Gasteiger partial charge in [-0.15, -0.1) is 0 Å². The number of rotatable bonds is 3. The topological polar surface area (TPSA) is 56.1 Å². The van der Waals surface area contributed by atoms with E-state index in [-0.39, 0.29) is 16.2 Å². The van der Waals surface area contributed by atoms with Gasteiger partial charge in [0.05, 0.1) is 17.5 Å². The van der Waals surface area contributed by atoms with Gasteiger partial charge in [-0.3, -0.25) is 4.79 Å². The van der Waals surface area contributed by atoms with E-state index in [0.29, 0.717) is 12.2 Å². The van der Waals surface area contributed by atoms with Crippen molar-refractivity contribution in [3.63, 3.8) is 0 Å². The molecule has 1 unspecified atom stereocenters. The predicted octanol–water partition coefficient (Wildman–Crippen LogP) is 1.41. The molecule has 0 radical (unpaired) electrons. The second kappa shape index (κ2) is 4.66.